The van der Waals surface area contributed by atoms with E-state index in [0.717, 1.165) is 0 Å². The summed E-state index contributed by atoms with van der Waals surface area (Å²) >= 11 is 0. The maximum Gasteiger partial charge on any atom is 0.202 e. The molecule has 0 heterocycles. The number of hydrogen-bond acceptors (Lipinski definition) is 5. The van der Waals surface area contributed by atoms with Crippen LogP contribution < -0.4 is 4.74 Å². The lowest BCUT2D eigenvalue weighted by Gasteiger charge is -2.32. The number of ether oxygens (including phenoxy) is 3. The number of allylic oxidation sites excluding steroid dienone is 1. The Morgan fingerprint density at radius 3 is 2.33 bits per heavy atom. The topological polar surface area (TPSA) is 65.0 Å². The van der Waals surface area contributed by atoms with Crippen LogP contribution in [0.3, 0.4) is 0 Å². The number of carbonyl (C=O) groups is 1. The molecule has 0 saturated heterocycles. The van der Waals surface area contributed by atoms with Crippen molar-refractivity contribution in [3.63, 3.8) is 0 Å². The molecule has 2 atom stereocenters. The van der Waals surface area contributed by atoms with Gasteiger partial charge in [0.15, 0.2) is 5.78 Å². The van der Waals surface area contributed by atoms with Crippen LogP contribution in [0.15, 0.2) is 48.3 Å². The zero-order valence-electron chi connectivity index (χ0n) is 12.2. The van der Waals surface area contributed by atoms with Crippen LogP contribution in [-0.4, -0.2) is 38.0 Å². The Bertz CT molecular complexity index is 573. The lowest BCUT2D eigenvalue weighted by Crippen LogP contribution is -2.43. The highest BCUT2D eigenvalue weighted by Gasteiger charge is 2.41. The van der Waals surface area contributed by atoms with E-state index in [1.807, 2.05) is 0 Å². The molecule has 0 aliphatic heterocycles. The number of Topliss-reactive ketones (excluding diaryl/α,β-unsaturated/α-hetero) is 1. The Kier molecular flexibility index (Phi) is 4.45. The van der Waals surface area contributed by atoms with Crippen LogP contribution in [0.5, 0.6) is 5.75 Å². The smallest absolute Gasteiger partial charge is 0.202 e. The molecule has 2 unspecified atom stereocenters. The Balaban J connectivity index is 2.29. The summed E-state index contributed by atoms with van der Waals surface area (Å²) < 4.78 is 15.2. The number of hydrogen-bond donors (Lipinski definition) is 1. The van der Waals surface area contributed by atoms with E-state index in [2.05, 4.69) is 0 Å². The van der Waals surface area contributed by atoms with Gasteiger partial charge in [-0.3, -0.25) is 4.79 Å². The predicted octanol–water partition coefficient (Wildman–Crippen LogP) is 1.93. The fourth-order valence-corrected chi connectivity index (χ4v) is 2.19. The molecule has 0 spiro atoms. The maximum atomic E-state index is 12.6. The summed E-state index contributed by atoms with van der Waals surface area (Å²) in [5.41, 5.74) is 0.468. The van der Waals surface area contributed by atoms with Crippen molar-refractivity contribution in [3.8, 4) is 5.75 Å². The first-order valence-corrected chi connectivity index (χ1v) is 6.45. The number of aliphatic hydroxyl groups is 1. The summed E-state index contributed by atoms with van der Waals surface area (Å²) in [5.74, 6) is -1.70. The third kappa shape index (κ3) is 2.99. The molecule has 5 nitrogen and oxygen atoms in total. The van der Waals surface area contributed by atoms with Gasteiger partial charge in [0.1, 0.15) is 11.5 Å². The van der Waals surface area contributed by atoms with E-state index in [1.54, 1.807) is 43.5 Å². The van der Waals surface area contributed by atoms with Gasteiger partial charge >= 0.3 is 0 Å². The first-order chi connectivity index (χ1) is 10.0. The molecule has 1 aliphatic rings. The van der Waals surface area contributed by atoms with Gasteiger partial charge in [0.25, 0.3) is 0 Å². The van der Waals surface area contributed by atoms with E-state index < -0.39 is 11.7 Å². The molecular weight excluding hydrogens is 272 g/mol. The molecule has 1 N–H and O–H groups in total. The zero-order valence-corrected chi connectivity index (χ0v) is 12.2. The number of carbonyl (C=O) groups excluding carboxylic acids is 1. The molecule has 0 bridgehead atoms. The van der Waals surface area contributed by atoms with E-state index >= 15 is 0 Å². The minimum atomic E-state index is -1.73. The standard InChI is InChI=1S/C16H18O5/c1-19-12-6-4-11(5-7-12)15(17)14-9-8-13(20-2)10-16(14,18)21-3/h4-10,14,18H,1-3H3. The molecule has 112 valence electrons. The summed E-state index contributed by atoms with van der Waals surface area (Å²) in [4.78, 5) is 12.6. The fourth-order valence-electron chi connectivity index (χ4n) is 2.19. The molecule has 2 rings (SSSR count). The van der Waals surface area contributed by atoms with Crippen molar-refractivity contribution in [1.82, 2.24) is 0 Å². The van der Waals surface area contributed by atoms with Crippen LogP contribution in [0.1, 0.15) is 10.4 Å². The molecule has 1 aromatic carbocycles. The van der Waals surface area contributed by atoms with Gasteiger partial charge in [0, 0.05) is 18.7 Å². The van der Waals surface area contributed by atoms with Gasteiger partial charge in [0.05, 0.1) is 20.1 Å². The summed E-state index contributed by atoms with van der Waals surface area (Å²) in [5, 5.41) is 10.5. The minimum Gasteiger partial charge on any atom is -0.497 e. The van der Waals surface area contributed by atoms with Crippen LogP contribution >= 0.6 is 0 Å². The van der Waals surface area contributed by atoms with E-state index in [4.69, 9.17) is 14.2 Å². The summed E-state index contributed by atoms with van der Waals surface area (Å²) in [6.45, 7) is 0. The Labute approximate surface area is 123 Å². The quantitative estimate of drug-likeness (QED) is 0.663. The third-order valence-electron chi connectivity index (χ3n) is 3.47. The molecule has 0 aromatic heterocycles. The summed E-state index contributed by atoms with van der Waals surface area (Å²) in [6, 6.07) is 6.70. The SMILES string of the molecule is COC1=CC(O)(OC)C(C(=O)c2ccc(OC)cc2)C=C1. The normalized spacial score (nSPS) is 24.4. The fraction of sp³-hybridized carbons (Fsp3) is 0.312. The second-order valence-electron chi connectivity index (χ2n) is 4.64. The van der Waals surface area contributed by atoms with Crippen LogP contribution in [-0.2, 0) is 9.47 Å². The predicted molar refractivity (Wildman–Crippen MR) is 77.0 cm³/mol. The van der Waals surface area contributed by atoms with Crippen LogP contribution in [0.2, 0.25) is 0 Å². The minimum absolute atomic E-state index is 0.246. The van der Waals surface area contributed by atoms with Crippen LogP contribution in [0, 0.1) is 5.92 Å². The highest BCUT2D eigenvalue weighted by molar-refractivity contribution is 6.00. The van der Waals surface area contributed by atoms with E-state index in [-0.39, 0.29) is 5.78 Å². The van der Waals surface area contributed by atoms with Gasteiger partial charge in [-0.25, -0.2) is 0 Å². The van der Waals surface area contributed by atoms with E-state index in [9.17, 15) is 9.90 Å². The largest absolute Gasteiger partial charge is 0.497 e. The second kappa shape index (κ2) is 6.11. The average molecular weight is 290 g/mol. The zero-order chi connectivity index (χ0) is 15.5. The van der Waals surface area contributed by atoms with Crippen molar-refractivity contribution >= 4 is 5.78 Å². The number of rotatable bonds is 5. The lowest BCUT2D eigenvalue weighted by atomic mass is 9.86. The summed E-state index contributed by atoms with van der Waals surface area (Å²) in [6.07, 6.45) is 4.60. The lowest BCUT2D eigenvalue weighted by molar-refractivity contribution is -0.164. The Morgan fingerprint density at radius 2 is 1.81 bits per heavy atom. The maximum absolute atomic E-state index is 12.6. The van der Waals surface area contributed by atoms with Crippen molar-refractivity contribution in [2.24, 2.45) is 5.92 Å². The Morgan fingerprint density at radius 1 is 1.14 bits per heavy atom. The average Bonchev–Trinajstić information content (AvgIpc) is 2.54. The molecule has 0 radical (unpaired) electrons. The van der Waals surface area contributed by atoms with Gasteiger partial charge in [-0.2, -0.15) is 0 Å². The van der Waals surface area contributed by atoms with Crippen LogP contribution in [0.25, 0.3) is 0 Å². The van der Waals surface area contributed by atoms with Crippen molar-refractivity contribution < 1.29 is 24.1 Å². The van der Waals surface area contributed by atoms with E-state index in [1.165, 1.54) is 20.3 Å². The monoisotopic (exact) mass is 290 g/mol. The van der Waals surface area contributed by atoms with E-state index in [0.29, 0.717) is 17.1 Å². The Hall–Kier alpha value is -2.11. The third-order valence-corrected chi connectivity index (χ3v) is 3.47. The second-order valence-corrected chi connectivity index (χ2v) is 4.64. The van der Waals surface area contributed by atoms with Crippen molar-refractivity contribution in [2.75, 3.05) is 21.3 Å². The van der Waals surface area contributed by atoms with Crippen molar-refractivity contribution in [2.45, 2.75) is 5.79 Å². The van der Waals surface area contributed by atoms with Crippen molar-refractivity contribution in [3.05, 3.63) is 53.8 Å². The first kappa shape index (κ1) is 15.3. The highest BCUT2D eigenvalue weighted by Crippen LogP contribution is 2.31. The molecule has 0 fully saturated rings. The summed E-state index contributed by atoms with van der Waals surface area (Å²) in [7, 11) is 4.39. The first-order valence-electron chi connectivity index (χ1n) is 6.45. The van der Waals surface area contributed by atoms with Gasteiger partial charge < -0.3 is 19.3 Å². The van der Waals surface area contributed by atoms with Gasteiger partial charge in [-0.1, -0.05) is 6.08 Å². The molecule has 0 amide bonds. The molecule has 5 heteroatoms. The molecule has 1 aromatic rings. The highest BCUT2D eigenvalue weighted by atomic mass is 16.6. The van der Waals surface area contributed by atoms with Gasteiger partial charge in [-0.05, 0) is 30.3 Å². The molecule has 1 aliphatic carbocycles. The number of methoxy groups -OCH3 is 3. The van der Waals surface area contributed by atoms with Crippen LogP contribution in [0.4, 0.5) is 0 Å². The molecule has 21 heavy (non-hydrogen) atoms. The number of benzene rings is 1. The van der Waals surface area contributed by atoms with Crippen molar-refractivity contribution in [1.29, 1.82) is 0 Å². The van der Waals surface area contributed by atoms with Gasteiger partial charge in [0.2, 0.25) is 5.79 Å². The molecule has 0 saturated carbocycles. The molecular formula is C16H18O5. The van der Waals surface area contributed by atoms with Gasteiger partial charge in [-0.15, -0.1) is 0 Å². The number of ketones is 1.